The van der Waals surface area contributed by atoms with Crippen molar-refractivity contribution in [1.82, 2.24) is 0 Å². The molecule has 0 spiro atoms. The summed E-state index contributed by atoms with van der Waals surface area (Å²) in [7, 11) is 0. The summed E-state index contributed by atoms with van der Waals surface area (Å²) in [5.41, 5.74) is 0. The highest BCUT2D eigenvalue weighted by atomic mass is 127. The molecule has 3 nitrogen and oxygen atoms in total. The summed E-state index contributed by atoms with van der Waals surface area (Å²) in [6, 6.07) is 0. The first-order valence-electron chi connectivity index (χ1n) is 3.50. The Morgan fingerprint density at radius 1 is 1.55 bits per heavy atom. The second-order valence-electron chi connectivity index (χ2n) is 2.74. The SMILES string of the molecule is O=C1O/C(=C/I)C(C2CC2)O1. The number of halogens is 1. The van der Waals surface area contributed by atoms with Crippen LogP contribution in [-0.4, -0.2) is 12.3 Å². The van der Waals surface area contributed by atoms with Gasteiger partial charge in [0.1, 0.15) is 0 Å². The minimum absolute atomic E-state index is 0.0839. The molecule has 0 aromatic heterocycles. The summed E-state index contributed by atoms with van der Waals surface area (Å²) in [4.78, 5) is 10.7. The maximum Gasteiger partial charge on any atom is 0.514 e. The van der Waals surface area contributed by atoms with Crippen molar-refractivity contribution < 1.29 is 14.3 Å². The fraction of sp³-hybridized carbons (Fsp3) is 0.571. The average molecular weight is 266 g/mol. The lowest BCUT2D eigenvalue weighted by molar-refractivity contribution is 0.113. The third kappa shape index (κ3) is 1.36. The molecular weight excluding hydrogens is 259 g/mol. The van der Waals surface area contributed by atoms with Gasteiger partial charge in [0, 0.05) is 10.0 Å². The van der Waals surface area contributed by atoms with E-state index in [1.807, 2.05) is 0 Å². The Morgan fingerprint density at radius 3 is 2.82 bits per heavy atom. The van der Waals surface area contributed by atoms with E-state index >= 15 is 0 Å². The van der Waals surface area contributed by atoms with Crippen LogP contribution in [0.2, 0.25) is 0 Å². The Bertz CT molecular complexity index is 220. The van der Waals surface area contributed by atoms with Crippen molar-refractivity contribution in [3.63, 3.8) is 0 Å². The molecule has 2 rings (SSSR count). The molecule has 0 aromatic carbocycles. The van der Waals surface area contributed by atoms with Crippen LogP contribution in [0.4, 0.5) is 4.79 Å². The van der Waals surface area contributed by atoms with Crippen LogP contribution in [0.1, 0.15) is 12.8 Å². The molecule has 1 saturated carbocycles. The zero-order valence-electron chi connectivity index (χ0n) is 5.75. The molecule has 4 heteroatoms. The average Bonchev–Trinajstić information content (AvgIpc) is 2.75. The molecule has 60 valence electrons. The van der Waals surface area contributed by atoms with E-state index in [9.17, 15) is 4.79 Å². The van der Waals surface area contributed by atoms with Crippen LogP contribution in [0.3, 0.4) is 0 Å². The van der Waals surface area contributed by atoms with E-state index in [0.29, 0.717) is 11.7 Å². The highest BCUT2D eigenvalue weighted by molar-refractivity contribution is 14.1. The Kier molecular flexibility index (Phi) is 1.78. The molecule has 1 atom stereocenters. The molecule has 0 radical (unpaired) electrons. The largest absolute Gasteiger partial charge is 0.514 e. The summed E-state index contributed by atoms with van der Waals surface area (Å²) in [6.45, 7) is 0. The molecule has 0 aromatic rings. The topological polar surface area (TPSA) is 35.5 Å². The number of carbonyl (C=O) groups is 1. The van der Waals surface area contributed by atoms with Gasteiger partial charge >= 0.3 is 6.16 Å². The number of rotatable bonds is 1. The fourth-order valence-corrected chi connectivity index (χ4v) is 1.63. The maximum atomic E-state index is 10.7. The van der Waals surface area contributed by atoms with E-state index in [1.54, 1.807) is 4.08 Å². The Morgan fingerprint density at radius 2 is 2.27 bits per heavy atom. The Hall–Kier alpha value is -0.260. The molecule has 1 aliphatic heterocycles. The van der Waals surface area contributed by atoms with Crippen LogP contribution >= 0.6 is 22.6 Å². The fourth-order valence-electron chi connectivity index (χ4n) is 1.15. The summed E-state index contributed by atoms with van der Waals surface area (Å²) < 4.78 is 11.5. The lowest BCUT2D eigenvalue weighted by atomic mass is 10.2. The van der Waals surface area contributed by atoms with E-state index in [4.69, 9.17) is 9.47 Å². The van der Waals surface area contributed by atoms with Crippen molar-refractivity contribution in [2.75, 3.05) is 0 Å². The number of cyclic esters (lactones) is 2. The predicted octanol–water partition coefficient (Wildman–Crippen LogP) is 2.21. The van der Waals surface area contributed by atoms with Crippen molar-refractivity contribution in [1.29, 1.82) is 0 Å². The number of hydrogen-bond acceptors (Lipinski definition) is 3. The number of hydrogen-bond donors (Lipinski definition) is 0. The van der Waals surface area contributed by atoms with Crippen molar-refractivity contribution in [3.8, 4) is 0 Å². The van der Waals surface area contributed by atoms with Crippen molar-refractivity contribution in [2.24, 2.45) is 5.92 Å². The van der Waals surface area contributed by atoms with E-state index < -0.39 is 6.16 Å². The van der Waals surface area contributed by atoms with Gasteiger partial charge < -0.3 is 9.47 Å². The second kappa shape index (κ2) is 2.66. The van der Waals surface area contributed by atoms with Gasteiger partial charge in [-0.05, 0) is 35.4 Å². The van der Waals surface area contributed by atoms with Gasteiger partial charge in [-0.1, -0.05) is 0 Å². The second-order valence-corrected chi connectivity index (χ2v) is 3.36. The zero-order chi connectivity index (χ0) is 7.84. The van der Waals surface area contributed by atoms with Crippen LogP contribution in [0.5, 0.6) is 0 Å². The lowest BCUT2D eigenvalue weighted by Crippen LogP contribution is -2.10. The van der Waals surface area contributed by atoms with Crippen LogP contribution < -0.4 is 0 Å². The Labute approximate surface area is 77.9 Å². The van der Waals surface area contributed by atoms with Crippen molar-refractivity contribution in [2.45, 2.75) is 18.9 Å². The van der Waals surface area contributed by atoms with E-state index in [-0.39, 0.29) is 6.10 Å². The molecule has 0 N–H and O–H groups in total. The normalized spacial score (nSPS) is 33.7. The molecule has 1 aliphatic carbocycles. The van der Waals surface area contributed by atoms with Gasteiger partial charge in [-0.15, -0.1) is 0 Å². The quantitative estimate of drug-likeness (QED) is 0.539. The van der Waals surface area contributed by atoms with Crippen LogP contribution in [0.25, 0.3) is 0 Å². The van der Waals surface area contributed by atoms with Crippen LogP contribution in [0.15, 0.2) is 9.84 Å². The third-order valence-corrected chi connectivity index (χ3v) is 2.48. The number of ether oxygens (including phenoxy) is 2. The molecule has 1 unspecified atom stereocenters. The highest BCUT2D eigenvalue weighted by Gasteiger charge is 2.42. The van der Waals surface area contributed by atoms with Crippen LogP contribution in [0, 0.1) is 5.92 Å². The summed E-state index contributed by atoms with van der Waals surface area (Å²) in [5.74, 6) is 1.19. The minimum atomic E-state index is -0.551. The predicted molar refractivity (Wildman–Crippen MR) is 46.2 cm³/mol. The summed E-state index contributed by atoms with van der Waals surface area (Å²) >= 11 is 2.06. The van der Waals surface area contributed by atoms with E-state index in [0.717, 1.165) is 12.8 Å². The zero-order valence-corrected chi connectivity index (χ0v) is 7.91. The first-order chi connectivity index (χ1) is 5.31. The number of carbonyl (C=O) groups excluding carboxylic acids is 1. The van der Waals surface area contributed by atoms with Gasteiger partial charge in [0.2, 0.25) is 0 Å². The maximum absolute atomic E-state index is 10.7. The standard InChI is InChI=1S/C7H7IO3/c8-3-5-6(4-1-2-4)11-7(9)10-5/h3-4,6H,1-2H2/b5-3+. The molecule has 1 saturated heterocycles. The lowest BCUT2D eigenvalue weighted by Gasteiger charge is -2.02. The Balaban J connectivity index is 2.12. The highest BCUT2D eigenvalue weighted by Crippen LogP contribution is 2.40. The minimum Gasteiger partial charge on any atom is -0.422 e. The smallest absolute Gasteiger partial charge is 0.422 e. The van der Waals surface area contributed by atoms with Gasteiger partial charge in [-0.2, -0.15) is 0 Å². The molecule has 0 bridgehead atoms. The van der Waals surface area contributed by atoms with Gasteiger partial charge in [-0.25, -0.2) is 4.79 Å². The first-order valence-corrected chi connectivity index (χ1v) is 4.74. The molecule has 0 amide bonds. The molecule has 11 heavy (non-hydrogen) atoms. The summed E-state index contributed by atoms with van der Waals surface area (Å²) in [5, 5.41) is 0. The van der Waals surface area contributed by atoms with Crippen LogP contribution in [-0.2, 0) is 9.47 Å². The van der Waals surface area contributed by atoms with Gasteiger partial charge in [0.15, 0.2) is 11.9 Å². The molecular formula is C7H7IO3. The van der Waals surface area contributed by atoms with Gasteiger partial charge in [0.25, 0.3) is 0 Å². The third-order valence-electron chi connectivity index (χ3n) is 1.86. The summed E-state index contributed by atoms with van der Waals surface area (Å²) in [6.07, 6.45) is 1.66. The van der Waals surface area contributed by atoms with E-state index in [2.05, 4.69) is 22.6 Å². The monoisotopic (exact) mass is 266 g/mol. The first kappa shape index (κ1) is 7.39. The van der Waals surface area contributed by atoms with Crippen molar-refractivity contribution >= 4 is 28.7 Å². The van der Waals surface area contributed by atoms with Gasteiger partial charge in [-0.3, -0.25) is 0 Å². The molecule has 2 fully saturated rings. The van der Waals surface area contributed by atoms with E-state index in [1.165, 1.54) is 0 Å². The molecule has 2 aliphatic rings. The molecule has 1 heterocycles. The van der Waals surface area contributed by atoms with Crippen molar-refractivity contribution in [3.05, 3.63) is 9.84 Å². The van der Waals surface area contributed by atoms with Gasteiger partial charge in [0.05, 0.1) is 0 Å².